The van der Waals surface area contributed by atoms with Crippen LogP contribution in [0.5, 0.6) is 0 Å². The summed E-state index contributed by atoms with van der Waals surface area (Å²) in [4.78, 5) is 101. The Bertz CT molecular complexity index is 2890. The Balaban J connectivity index is 0.953. The van der Waals surface area contributed by atoms with E-state index < -0.39 is 47.1 Å². The second-order valence-corrected chi connectivity index (χ2v) is 24.0. The topological polar surface area (TPSA) is 219 Å². The zero-order chi connectivity index (χ0) is 56.8. The van der Waals surface area contributed by atoms with E-state index in [0.29, 0.717) is 11.3 Å². The molecule has 7 amide bonds. The molecule has 0 spiro atoms. The molecule has 4 aromatic carbocycles. The van der Waals surface area contributed by atoms with E-state index in [-0.39, 0.29) is 92.5 Å². The molecule has 8 rings (SSSR count). The van der Waals surface area contributed by atoms with Crippen molar-refractivity contribution in [1.29, 1.82) is 0 Å². The average molecular weight is 1080 g/mol. The highest BCUT2D eigenvalue weighted by atomic mass is 16.5. The Kier molecular flexibility index (Phi) is 18.4. The predicted octanol–water partition coefficient (Wildman–Crippen LogP) is 5.96. The SMILES string of the molecule is CNCC(=O)N[C@H](C(=O)N1C[C@@H](OCc2ccc(C(=O)Nc3ccc4c(c3)CN(C(=O)C(NC(=O)[C@H](C)NC)C(C)(C)C)[C@H](C(=O)N[C@@H]3CCCc5ccccc53)C4)cc2)C[C@H]1C(=O)N[C@@H]1CCCc2ccccc21)C(C)(C)C. The summed E-state index contributed by atoms with van der Waals surface area (Å²) < 4.78 is 6.45. The van der Waals surface area contributed by atoms with Crippen LogP contribution in [-0.4, -0.2) is 115 Å². The maximum absolute atomic E-state index is 14.9. The summed E-state index contributed by atoms with van der Waals surface area (Å²) in [7, 11) is 3.34. The first-order chi connectivity index (χ1) is 37.6. The van der Waals surface area contributed by atoms with Crippen LogP contribution < -0.4 is 37.2 Å². The number of likely N-dealkylation sites (N-methyl/N-ethyl adjacent to an activating group) is 2. The van der Waals surface area contributed by atoms with E-state index >= 15 is 0 Å². The number of nitrogens with one attached hydrogen (secondary N) is 7. The lowest BCUT2D eigenvalue weighted by Crippen LogP contribution is -2.62. The zero-order valence-corrected chi connectivity index (χ0v) is 47.4. The van der Waals surface area contributed by atoms with Gasteiger partial charge in [0, 0.05) is 37.2 Å². The molecule has 17 heteroatoms. The lowest BCUT2D eigenvalue weighted by molar-refractivity contribution is -0.147. The molecule has 0 radical (unpaired) electrons. The van der Waals surface area contributed by atoms with Crippen LogP contribution in [-0.2, 0) is 65.9 Å². The molecule has 1 fully saturated rings. The molecule has 0 saturated carbocycles. The van der Waals surface area contributed by atoms with Crippen molar-refractivity contribution in [3.05, 3.63) is 136 Å². The number of fused-ring (bicyclic) bond motifs is 3. The number of hydrogen-bond acceptors (Lipinski definition) is 10. The van der Waals surface area contributed by atoms with E-state index in [4.69, 9.17) is 4.74 Å². The van der Waals surface area contributed by atoms with Crippen LogP contribution in [0.3, 0.4) is 0 Å². The summed E-state index contributed by atoms with van der Waals surface area (Å²) in [6.45, 7) is 13.5. The molecule has 7 N–H and O–H groups in total. The normalized spacial score (nSPS) is 21.0. The van der Waals surface area contributed by atoms with Crippen molar-refractivity contribution >= 4 is 47.0 Å². The summed E-state index contributed by atoms with van der Waals surface area (Å²) in [5, 5.41) is 21.2. The van der Waals surface area contributed by atoms with E-state index in [2.05, 4.69) is 55.4 Å². The van der Waals surface area contributed by atoms with Crippen LogP contribution in [0.4, 0.5) is 5.69 Å². The Hall–Kier alpha value is -6.95. The molecule has 2 aliphatic heterocycles. The van der Waals surface area contributed by atoms with Crippen LogP contribution in [0.2, 0.25) is 0 Å². The molecule has 1 saturated heterocycles. The lowest BCUT2D eigenvalue weighted by Gasteiger charge is -2.42. The van der Waals surface area contributed by atoms with Gasteiger partial charge in [-0.15, -0.1) is 0 Å². The number of likely N-dealkylation sites (tertiary alicyclic amines) is 1. The van der Waals surface area contributed by atoms with Crippen molar-refractivity contribution in [3.8, 4) is 0 Å². The number of rotatable bonds is 17. The van der Waals surface area contributed by atoms with Crippen molar-refractivity contribution < 1.29 is 38.3 Å². The zero-order valence-electron chi connectivity index (χ0n) is 47.4. The molecule has 4 aromatic rings. The van der Waals surface area contributed by atoms with Gasteiger partial charge < -0.3 is 51.8 Å². The van der Waals surface area contributed by atoms with Gasteiger partial charge in [0.25, 0.3) is 5.91 Å². The van der Waals surface area contributed by atoms with Gasteiger partial charge in [0.2, 0.25) is 35.4 Å². The summed E-state index contributed by atoms with van der Waals surface area (Å²) in [5.41, 5.74) is 6.55. The fourth-order valence-electron chi connectivity index (χ4n) is 11.5. The van der Waals surface area contributed by atoms with Crippen molar-refractivity contribution in [3.63, 3.8) is 0 Å². The minimum Gasteiger partial charge on any atom is -0.372 e. The predicted molar refractivity (Wildman–Crippen MR) is 303 cm³/mol. The summed E-state index contributed by atoms with van der Waals surface area (Å²) in [6.07, 6.45) is 5.31. The van der Waals surface area contributed by atoms with E-state index in [1.165, 1.54) is 11.1 Å². The summed E-state index contributed by atoms with van der Waals surface area (Å²) in [6, 6.07) is 24.4. The van der Waals surface area contributed by atoms with E-state index in [0.717, 1.165) is 66.3 Å². The van der Waals surface area contributed by atoms with E-state index in [9.17, 15) is 33.6 Å². The molecule has 1 unspecified atom stereocenters. The third kappa shape index (κ3) is 13.9. The van der Waals surface area contributed by atoms with Crippen molar-refractivity contribution in [2.24, 2.45) is 10.8 Å². The standard InChI is InChI=1S/C62H81N9O8/c1-37(64-9)55(73)69-54(62(5,6)7)60(78)70-34-43-30-44(29-28-42(43)31-50(70)57(75)66-48-22-14-18-39-16-10-12-20-46(39)48)65-56(74)41-26-24-38(25-27-41)36-79-45-32-51(58(76)67-49-23-15-19-40-17-11-13-21-47(40)49)71(35-45)59(77)53(61(2,3)4)68-52(72)33-63-8/h10-13,16-17,20-21,24-30,37,45,48-51,53-54,63-64H,14-15,18-19,22-23,31-36H2,1-9H3,(H,65,74)(H,66,75)(H,67,76)(H,68,72)(H,69,73)/t37-,45-,48+,49+,50-,51-,53+,54?/m0/s1. The number of ether oxygens (including phenoxy) is 1. The highest BCUT2D eigenvalue weighted by Gasteiger charge is 2.47. The Labute approximate surface area is 465 Å². The molecular formula is C62H81N9O8. The number of hydrogen-bond donors (Lipinski definition) is 7. The lowest BCUT2D eigenvalue weighted by atomic mass is 9.83. The van der Waals surface area contributed by atoms with Crippen LogP contribution >= 0.6 is 0 Å². The summed E-state index contributed by atoms with van der Waals surface area (Å²) >= 11 is 0. The molecule has 0 bridgehead atoms. The van der Waals surface area contributed by atoms with E-state index in [1.807, 2.05) is 84.0 Å². The molecule has 2 heterocycles. The molecule has 0 aromatic heterocycles. The Morgan fingerprint density at radius 1 is 0.658 bits per heavy atom. The molecule has 4 aliphatic rings. The molecule has 79 heavy (non-hydrogen) atoms. The second-order valence-electron chi connectivity index (χ2n) is 24.0. The molecule has 422 valence electrons. The fourth-order valence-corrected chi connectivity index (χ4v) is 11.5. The number of nitrogens with zero attached hydrogens (tertiary/aromatic N) is 2. The number of aryl methyl sites for hydroxylation is 2. The molecule has 17 nitrogen and oxygen atoms in total. The number of anilines is 1. The molecular weight excluding hydrogens is 999 g/mol. The average Bonchev–Trinajstić information content (AvgIpc) is 3.87. The van der Waals surface area contributed by atoms with Crippen molar-refractivity contribution in [1.82, 2.24) is 41.7 Å². The van der Waals surface area contributed by atoms with Gasteiger partial charge in [-0.2, -0.15) is 0 Å². The number of carbonyl (C=O) groups is 7. The minimum absolute atomic E-state index is 0.0343. The quantitative estimate of drug-likeness (QED) is 0.0659. The number of carbonyl (C=O) groups excluding carboxylic acids is 7. The van der Waals surface area contributed by atoms with Crippen LogP contribution in [0, 0.1) is 10.8 Å². The molecule has 2 aliphatic carbocycles. The van der Waals surface area contributed by atoms with Gasteiger partial charge in [0.05, 0.1) is 37.4 Å². The molecule has 8 atom stereocenters. The summed E-state index contributed by atoms with van der Waals surface area (Å²) in [5.74, 6) is -2.27. The van der Waals surface area contributed by atoms with Gasteiger partial charge in [-0.25, -0.2) is 0 Å². The maximum Gasteiger partial charge on any atom is 0.255 e. The van der Waals surface area contributed by atoms with Crippen LogP contribution in [0.25, 0.3) is 0 Å². The van der Waals surface area contributed by atoms with Gasteiger partial charge in [-0.1, -0.05) is 108 Å². The van der Waals surface area contributed by atoms with Crippen molar-refractivity contribution in [2.45, 2.75) is 161 Å². The number of amides is 7. The third-order valence-corrected chi connectivity index (χ3v) is 16.1. The van der Waals surface area contributed by atoms with E-state index in [1.54, 1.807) is 61.2 Å². The maximum atomic E-state index is 14.9. The minimum atomic E-state index is -0.944. The van der Waals surface area contributed by atoms with Gasteiger partial charge in [0.1, 0.15) is 24.2 Å². The Morgan fingerprint density at radius 3 is 1.81 bits per heavy atom. The van der Waals surface area contributed by atoms with Crippen LogP contribution in [0.15, 0.2) is 91.0 Å². The highest BCUT2D eigenvalue weighted by Crippen LogP contribution is 2.35. The van der Waals surface area contributed by atoms with Gasteiger partial charge >= 0.3 is 0 Å². The monoisotopic (exact) mass is 1080 g/mol. The smallest absolute Gasteiger partial charge is 0.255 e. The van der Waals surface area contributed by atoms with Gasteiger partial charge in [-0.3, -0.25) is 33.6 Å². The van der Waals surface area contributed by atoms with Gasteiger partial charge in [-0.05, 0) is 134 Å². The third-order valence-electron chi connectivity index (χ3n) is 16.1. The Morgan fingerprint density at radius 2 is 1.23 bits per heavy atom. The number of benzene rings is 4. The highest BCUT2D eigenvalue weighted by molar-refractivity contribution is 6.04. The van der Waals surface area contributed by atoms with Gasteiger partial charge in [0.15, 0.2) is 0 Å². The first-order valence-corrected chi connectivity index (χ1v) is 28.1. The van der Waals surface area contributed by atoms with Crippen molar-refractivity contribution in [2.75, 3.05) is 32.5 Å². The second kappa shape index (κ2) is 25.0. The first-order valence-electron chi connectivity index (χ1n) is 28.1. The fraction of sp³-hybridized carbons (Fsp3) is 0.500. The first kappa shape index (κ1) is 58.2. The largest absolute Gasteiger partial charge is 0.372 e. The van der Waals surface area contributed by atoms with Crippen LogP contribution in [0.1, 0.15) is 142 Å².